The molecule has 0 aliphatic carbocycles. The smallest absolute Gasteiger partial charge is 0.410 e. The maximum Gasteiger partial charge on any atom is 0.410 e. The highest BCUT2D eigenvalue weighted by Gasteiger charge is 2.29. The average Bonchev–Trinajstić information content (AvgIpc) is 2.60. The third-order valence-electron chi connectivity index (χ3n) is 4.50. The summed E-state index contributed by atoms with van der Waals surface area (Å²) in [5, 5.41) is 1.89. The quantitative estimate of drug-likeness (QED) is 0.870. The van der Waals surface area contributed by atoms with Crippen LogP contribution in [-0.4, -0.2) is 44.1 Å². The molecule has 3 rings (SSSR count). The summed E-state index contributed by atoms with van der Waals surface area (Å²) >= 11 is 0. The van der Waals surface area contributed by atoms with Crippen LogP contribution in [0.15, 0.2) is 47.4 Å². The van der Waals surface area contributed by atoms with Gasteiger partial charge in [0.25, 0.3) is 0 Å². The number of carbonyl (C=O) groups is 1. The molecule has 0 spiro atoms. The van der Waals surface area contributed by atoms with Crippen LogP contribution in [0, 0.1) is 0 Å². The number of fused-ring (bicyclic) bond motifs is 1. The fraction of sp³-hybridized carbons (Fsp3) is 0.450. The van der Waals surface area contributed by atoms with E-state index in [4.69, 9.17) is 4.74 Å². The van der Waals surface area contributed by atoms with E-state index in [9.17, 15) is 13.2 Å². The molecule has 0 saturated carbocycles. The number of sulfonamides is 1. The van der Waals surface area contributed by atoms with Gasteiger partial charge in [-0.1, -0.05) is 30.3 Å². The number of carbonyl (C=O) groups excluding carboxylic acids is 1. The molecule has 0 unspecified atom stereocenters. The van der Waals surface area contributed by atoms with Gasteiger partial charge in [-0.15, -0.1) is 0 Å². The number of amides is 1. The highest BCUT2D eigenvalue weighted by atomic mass is 32.2. The Morgan fingerprint density at radius 1 is 1.07 bits per heavy atom. The first-order valence-corrected chi connectivity index (χ1v) is 10.6. The molecule has 146 valence electrons. The summed E-state index contributed by atoms with van der Waals surface area (Å²) in [6, 6.07) is 12.6. The van der Waals surface area contributed by atoms with E-state index in [2.05, 4.69) is 4.72 Å². The molecule has 1 N–H and O–H groups in total. The largest absolute Gasteiger partial charge is 0.444 e. The molecule has 1 aliphatic rings. The molecule has 0 bridgehead atoms. The SMILES string of the molecule is CC(C)(C)OC(=O)N1CCC(NS(=O)(=O)c2ccc3ccccc3c2)CC1. The van der Waals surface area contributed by atoms with Crippen LogP contribution in [0.4, 0.5) is 4.79 Å². The normalized spacial score (nSPS) is 16.5. The summed E-state index contributed by atoms with van der Waals surface area (Å²) in [5.74, 6) is 0. The van der Waals surface area contributed by atoms with E-state index in [1.54, 1.807) is 17.0 Å². The van der Waals surface area contributed by atoms with Gasteiger partial charge in [0.1, 0.15) is 5.60 Å². The molecule has 0 atom stereocenters. The number of ether oxygens (including phenoxy) is 1. The summed E-state index contributed by atoms with van der Waals surface area (Å²) in [5.41, 5.74) is -0.536. The summed E-state index contributed by atoms with van der Waals surface area (Å²) < 4.78 is 33.6. The highest BCUT2D eigenvalue weighted by Crippen LogP contribution is 2.21. The first-order chi connectivity index (χ1) is 12.6. The zero-order valence-electron chi connectivity index (χ0n) is 15.9. The van der Waals surface area contributed by atoms with Gasteiger partial charge in [0.2, 0.25) is 10.0 Å². The molecule has 2 aromatic rings. The second-order valence-electron chi connectivity index (χ2n) is 7.87. The Morgan fingerprint density at radius 3 is 2.33 bits per heavy atom. The molecule has 6 nitrogen and oxygen atoms in total. The van der Waals surface area contributed by atoms with Crippen molar-refractivity contribution in [3.8, 4) is 0 Å². The van der Waals surface area contributed by atoms with E-state index in [0.29, 0.717) is 25.9 Å². The fourth-order valence-corrected chi connectivity index (χ4v) is 4.47. The predicted molar refractivity (Wildman–Crippen MR) is 105 cm³/mol. The van der Waals surface area contributed by atoms with Gasteiger partial charge in [0.05, 0.1) is 4.90 Å². The van der Waals surface area contributed by atoms with Gasteiger partial charge in [-0.25, -0.2) is 17.9 Å². The van der Waals surface area contributed by atoms with E-state index >= 15 is 0 Å². The fourth-order valence-electron chi connectivity index (χ4n) is 3.13. The minimum atomic E-state index is -3.60. The number of nitrogens with one attached hydrogen (secondary N) is 1. The molecular formula is C20H26N2O4S. The van der Waals surface area contributed by atoms with E-state index < -0.39 is 15.6 Å². The predicted octanol–water partition coefficient (Wildman–Crippen LogP) is 3.52. The van der Waals surface area contributed by atoms with E-state index in [1.807, 2.05) is 51.1 Å². The minimum Gasteiger partial charge on any atom is -0.444 e. The standard InChI is InChI=1S/C20H26N2O4S/c1-20(2,3)26-19(23)22-12-10-17(11-13-22)21-27(24,25)18-9-8-15-6-4-5-7-16(15)14-18/h4-9,14,17,21H,10-13H2,1-3H3. The Balaban J connectivity index is 1.62. The first kappa shape index (κ1) is 19.6. The van der Waals surface area contributed by atoms with Gasteiger partial charge < -0.3 is 9.64 Å². The number of nitrogens with zero attached hydrogens (tertiary/aromatic N) is 1. The van der Waals surface area contributed by atoms with Gasteiger partial charge in [0, 0.05) is 19.1 Å². The molecule has 1 fully saturated rings. The first-order valence-electron chi connectivity index (χ1n) is 9.13. The number of benzene rings is 2. The van der Waals surface area contributed by atoms with Gasteiger partial charge in [-0.2, -0.15) is 0 Å². The van der Waals surface area contributed by atoms with Crippen molar-refractivity contribution in [1.82, 2.24) is 9.62 Å². The maximum absolute atomic E-state index is 12.7. The average molecular weight is 391 g/mol. The van der Waals surface area contributed by atoms with Crippen molar-refractivity contribution in [3.05, 3.63) is 42.5 Å². The van der Waals surface area contributed by atoms with Crippen LogP contribution in [0.5, 0.6) is 0 Å². The molecule has 1 heterocycles. The number of rotatable bonds is 3. The van der Waals surface area contributed by atoms with Crippen LogP contribution in [0.1, 0.15) is 33.6 Å². The number of likely N-dealkylation sites (tertiary alicyclic amines) is 1. The number of piperidine rings is 1. The van der Waals surface area contributed by atoms with Gasteiger partial charge >= 0.3 is 6.09 Å². The number of hydrogen-bond acceptors (Lipinski definition) is 4. The molecule has 1 saturated heterocycles. The van der Waals surface area contributed by atoms with Crippen molar-refractivity contribution >= 4 is 26.9 Å². The third kappa shape index (κ3) is 4.99. The highest BCUT2D eigenvalue weighted by molar-refractivity contribution is 7.89. The Hall–Kier alpha value is -2.12. The molecular weight excluding hydrogens is 364 g/mol. The zero-order valence-corrected chi connectivity index (χ0v) is 16.8. The zero-order chi connectivity index (χ0) is 19.7. The van der Waals surface area contributed by atoms with Gasteiger partial charge in [0.15, 0.2) is 0 Å². The Morgan fingerprint density at radius 2 is 1.70 bits per heavy atom. The van der Waals surface area contributed by atoms with Gasteiger partial charge in [-0.3, -0.25) is 0 Å². The topological polar surface area (TPSA) is 75.7 Å². The van der Waals surface area contributed by atoms with Crippen molar-refractivity contribution in [2.45, 2.75) is 50.2 Å². The molecule has 1 aliphatic heterocycles. The van der Waals surface area contributed by atoms with Crippen LogP contribution < -0.4 is 4.72 Å². The van der Waals surface area contributed by atoms with Crippen LogP contribution in [0.3, 0.4) is 0 Å². The lowest BCUT2D eigenvalue weighted by molar-refractivity contribution is 0.0203. The lowest BCUT2D eigenvalue weighted by Gasteiger charge is -2.33. The van der Waals surface area contributed by atoms with E-state index in [-0.39, 0.29) is 17.0 Å². The number of hydrogen-bond donors (Lipinski definition) is 1. The van der Waals surface area contributed by atoms with Crippen molar-refractivity contribution < 1.29 is 17.9 Å². The molecule has 7 heteroatoms. The van der Waals surface area contributed by atoms with Gasteiger partial charge in [-0.05, 0) is 56.5 Å². The second-order valence-corrected chi connectivity index (χ2v) is 9.59. The molecule has 2 aromatic carbocycles. The molecule has 27 heavy (non-hydrogen) atoms. The van der Waals surface area contributed by atoms with Crippen molar-refractivity contribution in [2.75, 3.05) is 13.1 Å². The lowest BCUT2D eigenvalue weighted by Crippen LogP contribution is -2.47. The summed E-state index contributed by atoms with van der Waals surface area (Å²) in [7, 11) is -3.60. The van der Waals surface area contributed by atoms with Crippen LogP contribution in [0.25, 0.3) is 10.8 Å². The van der Waals surface area contributed by atoms with Crippen LogP contribution in [-0.2, 0) is 14.8 Å². The minimum absolute atomic E-state index is 0.194. The van der Waals surface area contributed by atoms with Crippen molar-refractivity contribution in [2.24, 2.45) is 0 Å². The van der Waals surface area contributed by atoms with Crippen LogP contribution >= 0.6 is 0 Å². The molecule has 1 amide bonds. The lowest BCUT2D eigenvalue weighted by atomic mass is 10.1. The van der Waals surface area contributed by atoms with E-state index in [1.165, 1.54) is 0 Å². The van der Waals surface area contributed by atoms with E-state index in [0.717, 1.165) is 10.8 Å². The summed E-state index contributed by atoms with van der Waals surface area (Å²) in [4.78, 5) is 14.0. The monoisotopic (exact) mass is 390 g/mol. The Bertz CT molecular complexity index is 926. The molecule has 0 aromatic heterocycles. The summed E-state index contributed by atoms with van der Waals surface area (Å²) in [6.07, 6.45) is 0.774. The third-order valence-corrected chi connectivity index (χ3v) is 6.02. The maximum atomic E-state index is 12.7. The summed E-state index contributed by atoms with van der Waals surface area (Å²) in [6.45, 7) is 6.43. The van der Waals surface area contributed by atoms with Crippen molar-refractivity contribution in [1.29, 1.82) is 0 Å². The molecule has 0 radical (unpaired) electrons. The van der Waals surface area contributed by atoms with Crippen LogP contribution in [0.2, 0.25) is 0 Å². The Labute approximate surface area is 160 Å². The Kier molecular flexibility index (Phi) is 5.44. The second kappa shape index (κ2) is 7.48. The van der Waals surface area contributed by atoms with Crippen molar-refractivity contribution in [3.63, 3.8) is 0 Å².